The van der Waals surface area contributed by atoms with Crippen LogP contribution in [0.25, 0.3) is 0 Å². The van der Waals surface area contributed by atoms with Gasteiger partial charge in [-0.2, -0.15) is 0 Å². The Bertz CT molecular complexity index is 433. The van der Waals surface area contributed by atoms with Gasteiger partial charge in [0.1, 0.15) is 5.69 Å². The van der Waals surface area contributed by atoms with Crippen LogP contribution in [0.2, 0.25) is 0 Å². The summed E-state index contributed by atoms with van der Waals surface area (Å²) in [5.74, 6) is 0. The molecule has 0 N–H and O–H groups in total. The average molecular weight is 289 g/mol. The molecule has 1 aromatic rings. The van der Waals surface area contributed by atoms with E-state index in [0.717, 1.165) is 11.6 Å². The first-order valence-electron chi connectivity index (χ1n) is 6.28. The van der Waals surface area contributed by atoms with Crippen LogP contribution in [-0.4, -0.2) is 39.7 Å². The van der Waals surface area contributed by atoms with E-state index in [1.54, 1.807) is 0 Å². The Morgan fingerprint density at radius 1 is 1.05 bits per heavy atom. The zero-order valence-corrected chi connectivity index (χ0v) is 12.8. The van der Waals surface area contributed by atoms with Crippen LogP contribution >= 0.6 is 0 Å². The summed E-state index contributed by atoms with van der Waals surface area (Å²) in [6.45, 7) is 10.3. The lowest BCUT2D eigenvalue weighted by Gasteiger charge is -2.35. The van der Waals surface area contributed by atoms with Crippen molar-refractivity contribution in [3.05, 3.63) is 30.3 Å². The lowest BCUT2D eigenvalue weighted by atomic mass is 10.2. The predicted molar refractivity (Wildman–Crippen MR) is 76.6 cm³/mol. The molecular weight excluding hydrogens is 266 g/mol. The predicted octanol–water partition coefficient (Wildman–Crippen LogP) is 2.15. The molecule has 0 saturated heterocycles. The number of rotatable bonds is 5. The van der Waals surface area contributed by atoms with Gasteiger partial charge in [0.25, 0.3) is 0 Å². The van der Waals surface area contributed by atoms with Crippen LogP contribution in [0.15, 0.2) is 30.3 Å². The Balaban J connectivity index is 0.000000459. The second-order valence-corrected chi connectivity index (χ2v) is 5.15. The van der Waals surface area contributed by atoms with Crippen LogP contribution in [-0.2, 0) is 14.6 Å². The van der Waals surface area contributed by atoms with Crippen molar-refractivity contribution in [1.82, 2.24) is 4.48 Å². The maximum absolute atomic E-state index is 9.22. The molecule has 0 spiro atoms. The number of nitrogens with zero attached hydrogens (tertiary/aromatic N) is 1. The van der Waals surface area contributed by atoms with Crippen LogP contribution in [0.4, 0.5) is 5.69 Å². The van der Waals surface area contributed by atoms with Crippen LogP contribution in [0.3, 0.4) is 0 Å². The molecule has 1 rings (SSSR count). The minimum Gasteiger partial charge on any atom is -0.726 e. The molecule has 0 aliphatic rings. The SMILES string of the molecule is CC[N+](CC)(CC)c1ccccc1.COS(=O)(=O)[O-]. The van der Waals surface area contributed by atoms with Gasteiger partial charge in [-0.05, 0) is 32.9 Å². The number of para-hydroxylation sites is 1. The van der Waals surface area contributed by atoms with Crippen molar-refractivity contribution in [3.8, 4) is 0 Å². The van der Waals surface area contributed by atoms with Gasteiger partial charge in [0.2, 0.25) is 10.4 Å². The molecule has 0 aliphatic heterocycles. The minimum absolute atomic E-state index is 0.808. The van der Waals surface area contributed by atoms with Crippen molar-refractivity contribution in [3.63, 3.8) is 0 Å². The van der Waals surface area contributed by atoms with E-state index in [1.807, 2.05) is 0 Å². The van der Waals surface area contributed by atoms with Gasteiger partial charge in [0.15, 0.2) is 0 Å². The maximum Gasteiger partial charge on any atom is 0.217 e. The molecule has 1 aromatic carbocycles. The summed E-state index contributed by atoms with van der Waals surface area (Å²) in [7, 11) is -3.60. The van der Waals surface area contributed by atoms with Gasteiger partial charge in [-0.3, -0.25) is 8.67 Å². The zero-order valence-electron chi connectivity index (χ0n) is 12.0. The van der Waals surface area contributed by atoms with E-state index in [1.165, 1.54) is 25.3 Å². The summed E-state index contributed by atoms with van der Waals surface area (Å²) < 4.78 is 32.1. The Hall–Kier alpha value is -0.950. The molecular formula is C13H23NO4S. The van der Waals surface area contributed by atoms with Crippen LogP contribution in [0, 0.1) is 0 Å². The van der Waals surface area contributed by atoms with E-state index in [4.69, 9.17) is 0 Å². The van der Waals surface area contributed by atoms with Crippen molar-refractivity contribution >= 4 is 16.1 Å². The third kappa shape index (κ3) is 6.15. The highest BCUT2D eigenvalue weighted by Gasteiger charge is 2.23. The zero-order chi connectivity index (χ0) is 14.9. The van der Waals surface area contributed by atoms with Gasteiger partial charge >= 0.3 is 0 Å². The Labute approximate surface area is 116 Å². The highest BCUT2D eigenvalue weighted by molar-refractivity contribution is 7.80. The first-order valence-corrected chi connectivity index (χ1v) is 7.61. The van der Waals surface area contributed by atoms with Crippen LogP contribution < -0.4 is 4.48 Å². The molecule has 0 aliphatic carbocycles. The van der Waals surface area contributed by atoms with E-state index < -0.39 is 10.4 Å². The first-order chi connectivity index (χ1) is 8.85. The Morgan fingerprint density at radius 3 is 1.68 bits per heavy atom. The quantitative estimate of drug-likeness (QED) is 0.473. The van der Waals surface area contributed by atoms with E-state index in [2.05, 4.69) is 55.3 Å². The second kappa shape index (κ2) is 8.27. The normalized spacial score (nSPS) is 11.6. The van der Waals surface area contributed by atoms with Crippen molar-refractivity contribution in [1.29, 1.82) is 0 Å². The highest BCUT2D eigenvalue weighted by Crippen LogP contribution is 2.21. The summed E-state index contributed by atoms with van der Waals surface area (Å²) in [5, 5.41) is 0. The largest absolute Gasteiger partial charge is 0.726 e. The van der Waals surface area contributed by atoms with Gasteiger partial charge in [0, 0.05) is 0 Å². The van der Waals surface area contributed by atoms with E-state index in [0.29, 0.717) is 0 Å². The van der Waals surface area contributed by atoms with Gasteiger partial charge in [0.05, 0.1) is 26.7 Å². The highest BCUT2D eigenvalue weighted by atomic mass is 32.3. The number of hydrogen-bond donors (Lipinski definition) is 0. The summed E-state index contributed by atoms with van der Waals surface area (Å²) in [6.07, 6.45) is 0. The van der Waals surface area contributed by atoms with Crippen molar-refractivity contribution in [2.75, 3.05) is 26.7 Å². The molecule has 0 fully saturated rings. The molecule has 0 heterocycles. The third-order valence-corrected chi connectivity index (χ3v) is 3.73. The number of hydrogen-bond acceptors (Lipinski definition) is 4. The molecule has 19 heavy (non-hydrogen) atoms. The summed E-state index contributed by atoms with van der Waals surface area (Å²) in [5.41, 5.74) is 1.44. The van der Waals surface area contributed by atoms with Crippen molar-refractivity contribution in [2.45, 2.75) is 20.8 Å². The standard InChI is InChI=1S/C12H20N.CH4O4S/c1-4-13(5-2,6-3)12-10-8-7-9-11-12;1-5-6(2,3)4/h7-11H,4-6H2,1-3H3;1H3,(H,2,3,4)/q+1;/p-1. The van der Waals surface area contributed by atoms with E-state index in [-0.39, 0.29) is 0 Å². The molecule has 6 heteroatoms. The summed E-state index contributed by atoms with van der Waals surface area (Å²) in [4.78, 5) is 0. The second-order valence-electron chi connectivity index (χ2n) is 4.00. The third-order valence-electron chi connectivity index (χ3n) is 3.32. The molecule has 0 saturated carbocycles. The van der Waals surface area contributed by atoms with Gasteiger partial charge < -0.3 is 4.55 Å². The maximum atomic E-state index is 9.22. The van der Waals surface area contributed by atoms with Gasteiger partial charge in [-0.1, -0.05) is 18.2 Å². The molecule has 5 nitrogen and oxygen atoms in total. The van der Waals surface area contributed by atoms with Gasteiger partial charge in [-0.25, -0.2) is 8.42 Å². The molecule has 0 unspecified atom stereocenters. The van der Waals surface area contributed by atoms with E-state index >= 15 is 0 Å². The average Bonchev–Trinajstić information content (AvgIpc) is 2.43. The van der Waals surface area contributed by atoms with Crippen LogP contribution in [0.5, 0.6) is 0 Å². The summed E-state index contributed by atoms with van der Waals surface area (Å²) >= 11 is 0. The first kappa shape index (κ1) is 18.0. The molecule has 0 bridgehead atoms. The Kier molecular flexibility index (Phi) is 7.85. The van der Waals surface area contributed by atoms with Crippen LogP contribution in [0.1, 0.15) is 20.8 Å². The smallest absolute Gasteiger partial charge is 0.217 e. The Morgan fingerprint density at radius 2 is 1.42 bits per heavy atom. The lowest BCUT2D eigenvalue weighted by Crippen LogP contribution is -2.48. The fourth-order valence-corrected chi connectivity index (χ4v) is 1.96. The monoisotopic (exact) mass is 289 g/mol. The topological polar surface area (TPSA) is 66.4 Å². The number of quaternary nitrogens is 1. The fourth-order valence-electron chi connectivity index (χ4n) is 1.96. The molecule has 0 radical (unpaired) electrons. The summed E-state index contributed by atoms with van der Waals surface area (Å²) in [6, 6.07) is 10.8. The molecule has 110 valence electrons. The fraction of sp³-hybridized carbons (Fsp3) is 0.538. The van der Waals surface area contributed by atoms with Crippen molar-refractivity contribution in [2.24, 2.45) is 0 Å². The number of benzene rings is 1. The lowest BCUT2D eigenvalue weighted by molar-refractivity contribution is 0.314. The molecule has 0 aromatic heterocycles. The van der Waals surface area contributed by atoms with E-state index in [9.17, 15) is 13.0 Å². The molecule has 0 amide bonds. The van der Waals surface area contributed by atoms with Gasteiger partial charge in [-0.15, -0.1) is 0 Å². The molecule has 0 atom stereocenters. The minimum atomic E-state index is -4.41. The van der Waals surface area contributed by atoms with Crippen molar-refractivity contribution < 1.29 is 17.2 Å².